The fraction of sp³-hybridized carbons (Fsp3) is 0.833. The topological polar surface area (TPSA) is 42.7 Å². The van der Waals surface area contributed by atoms with Gasteiger partial charge in [-0.3, -0.25) is 4.68 Å². The summed E-state index contributed by atoms with van der Waals surface area (Å²) in [6, 6.07) is 1.16. The SMILES string of the molecule is Cc1nc(C2CC3CCCCC3N2)n(C)n1. The molecule has 0 amide bonds. The van der Waals surface area contributed by atoms with Crippen molar-refractivity contribution in [2.75, 3.05) is 0 Å². The first-order valence-electron chi connectivity index (χ1n) is 6.37. The zero-order valence-electron chi connectivity index (χ0n) is 10.1. The molecule has 16 heavy (non-hydrogen) atoms. The van der Waals surface area contributed by atoms with Crippen LogP contribution in [0.3, 0.4) is 0 Å². The van der Waals surface area contributed by atoms with Gasteiger partial charge in [0.2, 0.25) is 0 Å². The van der Waals surface area contributed by atoms with Gasteiger partial charge in [-0.15, -0.1) is 0 Å². The third-order valence-electron chi connectivity index (χ3n) is 4.08. The van der Waals surface area contributed by atoms with Crippen LogP contribution in [0.2, 0.25) is 0 Å². The van der Waals surface area contributed by atoms with E-state index < -0.39 is 0 Å². The highest BCUT2D eigenvalue weighted by molar-refractivity contribution is 5.05. The van der Waals surface area contributed by atoms with Crippen LogP contribution in [0.25, 0.3) is 0 Å². The first-order valence-corrected chi connectivity index (χ1v) is 6.37. The number of nitrogens with zero attached hydrogens (tertiary/aromatic N) is 3. The second-order valence-electron chi connectivity index (χ2n) is 5.25. The number of aryl methyl sites for hydroxylation is 2. The van der Waals surface area contributed by atoms with Crippen molar-refractivity contribution >= 4 is 0 Å². The van der Waals surface area contributed by atoms with E-state index in [0.29, 0.717) is 6.04 Å². The van der Waals surface area contributed by atoms with Crippen molar-refractivity contribution in [3.63, 3.8) is 0 Å². The fourth-order valence-electron chi connectivity index (χ4n) is 3.35. The molecule has 1 aromatic heterocycles. The molecule has 4 heteroatoms. The summed E-state index contributed by atoms with van der Waals surface area (Å²) in [6.07, 6.45) is 6.78. The average Bonchev–Trinajstić information content (AvgIpc) is 2.81. The largest absolute Gasteiger partial charge is 0.304 e. The number of aromatic nitrogens is 3. The van der Waals surface area contributed by atoms with Gasteiger partial charge in [-0.25, -0.2) is 4.98 Å². The monoisotopic (exact) mass is 220 g/mol. The van der Waals surface area contributed by atoms with Gasteiger partial charge in [0.15, 0.2) is 0 Å². The van der Waals surface area contributed by atoms with E-state index >= 15 is 0 Å². The van der Waals surface area contributed by atoms with Crippen LogP contribution in [0.15, 0.2) is 0 Å². The molecular weight excluding hydrogens is 200 g/mol. The van der Waals surface area contributed by atoms with Crippen LogP contribution in [0, 0.1) is 12.8 Å². The average molecular weight is 220 g/mol. The van der Waals surface area contributed by atoms with Crippen molar-refractivity contribution < 1.29 is 0 Å². The van der Waals surface area contributed by atoms with Crippen LogP contribution in [0.4, 0.5) is 0 Å². The van der Waals surface area contributed by atoms with Gasteiger partial charge in [0.1, 0.15) is 11.6 Å². The maximum absolute atomic E-state index is 4.54. The number of hydrogen-bond donors (Lipinski definition) is 1. The third kappa shape index (κ3) is 1.65. The lowest BCUT2D eigenvalue weighted by Crippen LogP contribution is -2.31. The van der Waals surface area contributed by atoms with Gasteiger partial charge in [0.25, 0.3) is 0 Å². The van der Waals surface area contributed by atoms with E-state index in [0.717, 1.165) is 23.6 Å². The smallest absolute Gasteiger partial charge is 0.147 e. The zero-order valence-corrected chi connectivity index (χ0v) is 10.1. The lowest BCUT2D eigenvalue weighted by molar-refractivity contribution is 0.325. The molecule has 2 fully saturated rings. The van der Waals surface area contributed by atoms with E-state index in [4.69, 9.17) is 0 Å². The quantitative estimate of drug-likeness (QED) is 0.783. The van der Waals surface area contributed by atoms with Gasteiger partial charge in [0, 0.05) is 13.1 Å². The van der Waals surface area contributed by atoms with E-state index in [9.17, 15) is 0 Å². The molecule has 1 N–H and O–H groups in total. The highest BCUT2D eigenvalue weighted by atomic mass is 15.3. The van der Waals surface area contributed by atoms with Crippen LogP contribution >= 0.6 is 0 Å². The van der Waals surface area contributed by atoms with E-state index in [1.807, 2.05) is 18.7 Å². The van der Waals surface area contributed by atoms with Gasteiger partial charge >= 0.3 is 0 Å². The lowest BCUT2D eigenvalue weighted by Gasteiger charge is -2.24. The summed E-state index contributed by atoms with van der Waals surface area (Å²) < 4.78 is 1.93. The van der Waals surface area contributed by atoms with E-state index in [2.05, 4.69) is 15.4 Å². The molecule has 3 rings (SSSR count). The summed E-state index contributed by atoms with van der Waals surface area (Å²) >= 11 is 0. The Morgan fingerprint density at radius 1 is 1.31 bits per heavy atom. The third-order valence-corrected chi connectivity index (χ3v) is 4.08. The van der Waals surface area contributed by atoms with Gasteiger partial charge in [0.05, 0.1) is 6.04 Å². The molecule has 0 spiro atoms. The molecule has 0 bridgehead atoms. The Labute approximate surface area is 96.4 Å². The number of fused-ring (bicyclic) bond motifs is 1. The van der Waals surface area contributed by atoms with E-state index in [1.54, 1.807) is 0 Å². The summed E-state index contributed by atoms with van der Waals surface area (Å²) in [6.45, 7) is 1.96. The minimum absolute atomic E-state index is 0.430. The summed E-state index contributed by atoms with van der Waals surface area (Å²) in [5, 5.41) is 8.08. The Kier molecular flexibility index (Phi) is 2.46. The molecule has 2 aliphatic rings. The molecule has 0 radical (unpaired) electrons. The number of nitrogens with one attached hydrogen (secondary N) is 1. The molecule has 1 aromatic rings. The standard InChI is InChI=1S/C12H20N4/c1-8-13-12(16(2)15-8)11-7-9-5-3-4-6-10(9)14-11/h9-11,14H,3-7H2,1-2H3. The van der Waals surface area contributed by atoms with Crippen LogP contribution in [0.5, 0.6) is 0 Å². The van der Waals surface area contributed by atoms with Crippen molar-refractivity contribution in [2.45, 2.75) is 51.1 Å². The minimum Gasteiger partial charge on any atom is -0.304 e. The van der Waals surface area contributed by atoms with Crippen molar-refractivity contribution in [3.8, 4) is 0 Å². The van der Waals surface area contributed by atoms with Gasteiger partial charge < -0.3 is 5.32 Å². The first kappa shape index (κ1) is 10.3. The predicted octanol–water partition coefficient (Wildman–Crippen LogP) is 1.72. The summed E-state index contributed by atoms with van der Waals surface area (Å²) in [4.78, 5) is 4.54. The second kappa shape index (κ2) is 3.84. The highest BCUT2D eigenvalue weighted by Gasteiger charge is 2.37. The van der Waals surface area contributed by atoms with Gasteiger partial charge in [-0.1, -0.05) is 12.8 Å². The lowest BCUT2D eigenvalue weighted by atomic mass is 9.85. The van der Waals surface area contributed by atoms with Gasteiger partial charge in [-0.05, 0) is 32.1 Å². The Morgan fingerprint density at radius 3 is 2.81 bits per heavy atom. The van der Waals surface area contributed by atoms with E-state index in [1.165, 1.54) is 32.1 Å². The van der Waals surface area contributed by atoms with Crippen molar-refractivity contribution in [1.82, 2.24) is 20.1 Å². The Balaban J connectivity index is 1.79. The van der Waals surface area contributed by atoms with E-state index in [-0.39, 0.29) is 0 Å². The molecule has 1 aliphatic heterocycles. The molecular formula is C12H20N4. The zero-order chi connectivity index (χ0) is 11.1. The second-order valence-corrected chi connectivity index (χ2v) is 5.25. The molecule has 4 nitrogen and oxygen atoms in total. The summed E-state index contributed by atoms with van der Waals surface area (Å²) in [7, 11) is 2.00. The molecule has 2 heterocycles. The fourth-order valence-corrected chi connectivity index (χ4v) is 3.35. The maximum atomic E-state index is 4.54. The Bertz CT molecular complexity index is 370. The predicted molar refractivity (Wildman–Crippen MR) is 62.0 cm³/mol. The van der Waals surface area contributed by atoms with Crippen LogP contribution < -0.4 is 5.32 Å². The van der Waals surface area contributed by atoms with Crippen molar-refractivity contribution in [2.24, 2.45) is 13.0 Å². The Morgan fingerprint density at radius 2 is 2.12 bits per heavy atom. The first-order chi connectivity index (χ1) is 7.74. The molecule has 1 aliphatic carbocycles. The Hall–Kier alpha value is -0.900. The molecule has 1 saturated heterocycles. The maximum Gasteiger partial charge on any atom is 0.147 e. The highest BCUT2D eigenvalue weighted by Crippen LogP contribution is 2.38. The van der Waals surface area contributed by atoms with Crippen molar-refractivity contribution in [3.05, 3.63) is 11.6 Å². The number of hydrogen-bond acceptors (Lipinski definition) is 3. The molecule has 1 saturated carbocycles. The molecule has 0 aromatic carbocycles. The van der Waals surface area contributed by atoms with Crippen molar-refractivity contribution in [1.29, 1.82) is 0 Å². The minimum atomic E-state index is 0.430. The normalized spacial score (nSPS) is 34.0. The summed E-state index contributed by atoms with van der Waals surface area (Å²) in [5.74, 6) is 2.87. The molecule has 88 valence electrons. The van der Waals surface area contributed by atoms with Crippen LogP contribution in [-0.4, -0.2) is 20.8 Å². The van der Waals surface area contributed by atoms with Crippen LogP contribution in [0.1, 0.15) is 49.8 Å². The van der Waals surface area contributed by atoms with Crippen LogP contribution in [-0.2, 0) is 7.05 Å². The van der Waals surface area contributed by atoms with Gasteiger partial charge in [-0.2, -0.15) is 5.10 Å². The summed E-state index contributed by atoms with van der Waals surface area (Å²) in [5.41, 5.74) is 0. The number of rotatable bonds is 1. The molecule has 3 atom stereocenters. The molecule has 3 unspecified atom stereocenters.